The largest absolute Gasteiger partial charge is 0.291 e. The number of likely N-dealkylation sites (N-methyl/N-ethyl adjacent to an activating group) is 1. The van der Waals surface area contributed by atoms with Gasteiger partial charge >= 0.3 is 0 Å². The van der Waals surface area contributed by atoms with Gasteiger partial charge in [0.2, 0.25) is 0 Å². The van der Waals surface area contributed by atoms with Gasteiger partial charge in [0.1, 0.15) is 0 Å². The van der Waals surface area contributed by atoms with Crippen LogP contribution in [-0.4, -0.2) is 24.5 Å². The highest BCUT2D eigenvalue weighted by molar-refractivity contribution is 6.21. The summed E-state index contributed by atoms with van der Waals surface area (Å²) in [5.74, 6) is 2.62. The average Bonchev–Trinajstić information content (AvgIpc) is 2.28. The topological polar surface area (TPSA) is 3.24 Å². The number of hydrogen-bond donors (Lipinski definition) is 0. The van der Waals surface area contributed by atoms with Crippen LogP contribution in [-0.2, 0) is 0 Å². The van der Waals surface area contributed by atoms with Crippen molar-refractivity contribution in [3.8, 4) is 12.3 Å². The van der Waals surface area contributed by atoms with Crippen LogP contribution < -0.4 is 0 Å². The molecule has 0 saturated heterocycles. The Labute approximate surface area is 97.0 Å². The highest BCUT2D eigenvalue weighted by atomic mass is 35.5. The molecule has 0 fully saturated rings. The second kappa shape index (κ2) is 5.80. The van der Waals surface area contributed by atoms with E-state index in [0.717, 1.165) is 5.56 Å². The lowest BCUT2D eigenvalue weighted by Crippen LogP contribution is -2.32. The van der Waals surface area contributed by atoms with Gasteiger partial charge < -0.3 is 0 Å². The SMILES string of the molecule is C#CCN(C)[C@@H](C)C(Cl)c1ccccc1. The fourth-order valence-electron chi connectivity index (χ4n) is 1.43. The highest BCUT2D eigenvalue weighted by Gasteiger charge is 2.19. The molecule has 0 aromatic heterocycles. The quantitative estimate of drug-likeness (QED) is 0.558. The zero-order chi connectivity index (χ0) is 11.3. The monoisotopic (exact) mass is 221 g/mol. The molecule has 1 aromatic carbocycles. The molecular weight excluding hydrogens is 206 g/mol. The van der Waals surface area contributed by atoms with E-state index in [1.165, 1.54) is 0 Å². The zero-order valence-electron chi connectivity index (χ0n) is 9.15. The van der Waals surface area contributed by atoms with Crippen molar-refractivity contribution in [2.24, 2.45) is 0 Å². The van der Waals surface area contributed by atoms with Gasteiger partial charge in [0.15, 0.2) is 0 Å². The molecule has 15 heavy (non-hydrogen) atoms. The maximum atomic E-state index is 6.38. The summed E-state index contributed by atoms with van der Waals surface area (Å²) in [5.41, 5.74) is 1.13. The van der Waals surface area contributed by atoms with Crippen molar-refractivity contribution < 1.29 is 0 Å². The van der Waals surface area contributed by atoms with Gasteiger partial charge in [0.25, 0.3) is 0 Å². The molecule has 0 radical (unpaired) electrons. The third kappa shape index (κ3) is 3.27. The van der Waals surface area contributed by atoms with Crippen LogP contribution in [0.15, 0.2) is 30.3 Å². The van der Waals surface area contributed by atoms with Crippen molar-refractivity contribution in [2.75, 3.05) is 13.6 Å². The predicted molar refractivity (Wildman–Crippen MR) is 66.0 cm³/mol. The molecule has 2 atom stereocenters. The Kier molecular flexibility index (Phi) is 4.68. The van der Waals surface area contributed by atoms with E-state index in [0.29, 0.717) is 6.54 Å². The lowest BCUT2D eigenvalue weighted by Gasteiger charge is -2.27. The third-order valence-corrected chi connectivity index (χ3v) is 3.19. The minimum Gasteiger partial charge on any atom is -0.291 e. The summed E-state index contributed by atoms with van der Waals surface area (Å²) >= 11 is 6.38. The van der Waals surface area contributed by atoms with E-state index in [4.69, 9.17) is 18.0 Å². The predicted octanol–water partition coefficient (Wildman–Crippen LogP) is 2.92. The first-order valence-corrected chi connectivity index (χ1v) is 5.43. The number of rotatable bonds is 4. The number of alkyl halides is 1. The van der Waals surface area contributed by atoms with Crippen molar-refractivity contribution in [3.63, 3.8) is 0 Å². The molecule has 0 aliphatic rings. The van der Waals surface area contributed by atoms with E-state index in [-0.39, 0.29) is 11.4 Å². The summed E-state index contributed by atoms with van der Waals surface area (Å²) in [5, 5.41) is -0.0236. The van der Waals surface area contributed by atoms with Crippen LogP contribution in [0.5, 0.6) is 0 Å². The molecule has 2 heteroatoms. The number of nitrogens with zero attached hydrogens (tertiary/aromatic N) is 1. The van der Waals surface area contributed by atoms with Crippen LogP contribution in [0.1, 0.15) is 17.9 Å². The molecule has 0 saturated carbocycles. The number of benzene rings is 1. The van der Waals surface area contributed by atoms with Crippen LogP contribution in [0.25, 0.3) is 0 Å². The van der Waals surface area contributed by atoms with Gasteiger partial charge in [0, 0.05) is 6.04 Å². The molecule has 0 N–H and O–H groups in total. The molecule has 0 amide bonds. The second-order valence-corrected chi connectivity index (χ2v) is 4.14. The van der Waals surface area contributed by atoms with Crippen molar-refractivity contribution in [1.82, 2.24) is 4.90 Å². The van der Waals surface area contributed by atoms with Crippen LogP contribution >= 0.6 is 11.6 Å². The van der Waals surface area contributed by atoms with Crippen LogP contribution in [0.3, 0.4) is 0 Å². The lowest BCUT2D eigenvalue weighted by molar-refractivity contribution is 0.281. The van der Waals surface area contributed by atoms with E-state index in [1.54, 1.807) is 0 Å². The number of hydrogen-bond acceptors (Lipinski definition) is 1. The molecule has 0 bridgehead atoms. The minimum absolute atomic E-state index is 0.0236. The first-order chi connectivity index (χ1) is 7.16. The smallest absolute Gasteiger partial charge is 0.0738 e. The summed E-state index contributed by atoms with van der Waals surface area (Å²) < 4.78 is 0. The first-order valence-electron chi connectivity index (χ1n) is 4.99. The Morgan fingerprint density at radius 1 is 1.40 bits per heavy atom. The van der Waals surface area contributed by atoms with E-state index in [1.807, 2.05) is 37.4 Å². The zero-order valence-corrected chi connectivity index (χ0v) is 9.91. The molecular formula is C13H16ClN. The van der Waals surface area contributed by atoms with Gasteiger partial charge in [-0.2, -0.15) is 0 Å². The first kappa shape index (κ1) is 12.1. The molecule has 0 heterocycles. The molecule has 1 rings (SSSR count). The van der Waals surface area contributed by atoms with Gasteiger partial charge in [-0.25, -0.2) is 0 Å². The molecule has 1 unspecified atom stereocenters. The van der Waals surface area contributed by atoms with Gasteiger partial charge in [-0.1, -0.05) is 36.3 Å². The number of terminal acetylenes is 1. The second-order valence-electron chi connectivity index (χ2n) is 3.67. The summed E-state index contributed by atoms with van der Waals surface area (Å²) in [6.45, 7) is 2.71. The summed E-state index contributed by atoms with van der Waals surface area (Å²) in [7, 11) is 1.99. The fourth-order valence-corrected chi connectivity index (χ4v) is 1.76. The normalized spacial score (nSPS) is 14.6. The maximum absolute atomic E-state index is 6.38. The van der Waals surface area contributed by atoms with Crippen LogP contribution in [0, 0.1) is 12.3 Å². The van der Waals surface area contributed by atoms with E-state index >= 15 is 0 Å². The number of halogens is 1. The summed E-state index contributed by atoms with van der Waals surface area (Å²) in [6, 6.07) is 10.3. The molecule has 1 nitrogen and oxygen atoms in total. The van der Waals surface area contributed by atoms with Gasteiger partial charge in [0.05, 0.1) is 11.9 Å². The average molecular weight is 222 g/mol. The fraction of sp³-hybridized carbons (Fsp3) is 0.385. The molecule has 80 valence electrons. The summed E-state index contributed by atoms with van der Waals surface area (Å²) in [4.78, 5) is 2.07. The van der Waals surface area contributed by atoms with Gasteiger partial charge in [-0.05, 0) is 19.5 Å². The Morgan fingerprint density at radius 3 is 2.53 bits per heavy atom. The molecule has 0 aliphatic carbocycles. The van der Waals surface area contributed by atoms with E-state index in [9.17, 15) is 0 Å². The molecule has 1 aromatic rings. The Hall–Kier alpha value is -0.970. The van der Waals surface area contributed by atoms with Crippen molar-refractivity contribution >= 4 is 11.6 Å². The highest BCUT2D eigenvalue weighted by Crippen LogP contribution is 2.26. The Balaban J connectivity index is 2.69. The van der Waals surface area contributed by atoms with Crippen molar-refractivity contribution in [1.29, 1.82) is 0 Å². The van der Waals surface area contributed by atoms with Gasteiger partial charge in [-0.15, -0.1) is 18.0 Å². The van der Waals surface area contributed by atoms with Crippen molar-refractivity contribution in [3.05, 3.63) is 35.9 Å². The van der Waals surface area contributed by atoms with Crippen LogP contribution in [0.2, 0.25) is 0 Å². The van der Waals surface area contributed by atoms with E-state index < -0.39 is 0 Å². The summed E-state index contributed by atoms with van der Waals surface area (Å²) in [6.07, 6.45) is 5.27. The minimum atomic E-state index is -0.0236. The lowest BCUT2D eigenvalue weighted by atomic mass is 10.1. The molecule has 0 aliphatic heterocycles. The third-order valence-electron chi connectivity index (χ3n) is 2.58. The van der Waals surface area contributed by atoms with E-state index in [2.05, 4.69) is 17.7 Å². The maximum Gasteiger partial charge on any atom is 0.0738 e. The Morgan fingerprint density at radius 2 is 2.00 bits per heavy atom. The van der Waals surface area contributed by atoms with Crippen LogP contribution in [0.4, 0.5) is 0 Å². The standard InChI is InChI=1S/C13H16ClN/c1-4-10-15(3)11(2)13(14)12-8-6-5-7-9-12/h1,5-9,11,13H,10H2,2-3H3/t11-,13?/m0/s1. The molecule has 0 spiro atoms. The van der Waals surface area contributed by atoms with Gasteiger partial charge in [-0.3, -0.25) is 4.90 Å². The van der Waals surface area contributed by atoms with Crippen molar-refractivity contribution in [2.45, 2.75) is 18.3 Å². The Bertz CT molecular complexity index is 328.